The number of fused-ring (bicyclic) bond motifs is 10. The monoisotopic (exact) mass is 1260 g/mol. The van der Waals surface area contributed by atoms with Crippen molar-refractivity contribution in [3.05, 3.63) is 382 Å². The van der Waals surface area contributed by atoms with Gasteiger partial charge < -0.3 is 34.2 Å². The number of benzene rings is 15. The third kappa shape index (κ3) is 9.61. The lowest BCUT2D eigenvalue weighted by atomic mass is 9.31. The van der Waals surface area contributed by atoms with Crippen molar-refractivity contribution >= 4 is 155 Å². The summed E-state index contributed by atoms with van der Waals surface area (Å²) in [5.41, 5.74) is 30.3. The van der Waals surface area contributed by atoms with Gasteiger partial charge in [-0.1, -0.05) is 206 Å². The van der Waals surface area contributed by atoms with Gasteiger partial charge in [-0.05, 0) is 209 Å². The van der Waals surface area contributed by atoms with E-state index in [4.69, 9.17) is 0 Å². The molecule has 0 aliphatic carbocycles. The summed E-state index contributed by atoms with van der Waals surface area (Å²) >= 11 is 0. The van der Waals surface area contributed by atoms with E-state index in [1.807, 2.05) is 0 Å². The van der Waals surface area contributed by atoms with Crippen molar-refractivity contribution in [3.63, 3.8) is 0 Å². The lowest BCUT2D eigenvalue weighted by Gasteiger charge is -2.52. The topological polar surface area (TPSA) is 22.7 Å². The molecule has 19 rings (SSSR count). The molecule has 0 spiro atoms. The molecule has 15 aromatic rings. The van der Waals surface area contributed by atoms with Crippen molar-refractivity contribution in [2.24, 2.45) is 0 Å². The summed E-state index contributed by atoms with van der Waals surface area (Å²) in [7, 11) is 0. The van der Waals surface area contributed by atoms with Crippen LogP contribution in [0.25, 0.3) is 11.1 Å². The molecule has 0 fully saturated rings. The van der Waals surface area contributed by atoms with E-state index in [9.17, 15) is 0 Å². The van der Waals surface area contributed by atoms with Crippen LogP contribution in [-0.4, -0.2) is 13.6 Å². The van der Waals surface area contributed by atoms with Crippen LogP contribution in [0.15, 0.2) is 382 Å². The lowest BCUT2D eigenvalue weighted by molar-refractivity contribution is 1.22. The van der Waals surface area contributed by atoms with Gasteiger partial charge in [-0.2, -0.15) is 0 Å². The number of hydrogen-bond donors (Lipinski definition) is 0. The molecule has 4 heterocycles. The van der Waals surface area contributed by atoms with Crippen LogP contribution in [0.5, 0.6) is 0 Å². The van der Waals surface area contributed by atoms with Crippen LogP contribution < -0.4 is 61.5 Å². The van der Waals surface area contributed by atoms with Gasteiger partial charge in [0.2, 0.25) is 0 Å². The lowest BCUT2D eigenvalue weighted by Crippen LogP contribution is -2.68. The fourth-order valence-corrected chi connectivity index (χ4v) is 16.0. The first kappa shape index (κ1) is 57.5. The maximum Gasteiger partial charge on any atom is 0.333 e. The molecule has 0 saturated carbocycles. The summed E-state index contributed by atoms with van der Waals surface area (Å²) in [5.74, 6) is 0. The van der Waals surface area contributed by atoms with Gasteiger partial charge in [0.15, 0.2) is 0 Å². The Hall–Kier alpha value is -13.0. The molecular formula is C90H63B2N7. The second-order valence-electron chi connectivity index (χ2n) is 25.6. The third-order valence-electron chi connectivity index (χ3n) is 20.0. The molecule has 0 saturated heterocycles. The summed E-state index contributed by atoms with van der Waals surface area (Å²) in [4.78, 5) is 17.5. The standard InChI is InChI=1S/C90H63B2N7/c1-10-31-64(32-11-1)93(65-33-12-2-13-34-65)73-49-30-50-74(59-73)97-84-60-75(94(66-35-14-3-15-36-66)67-37-16-4-17-38-67)53-56-80(84)91-81-57-54-76(95(68-39-18-5-19-40-68)69-41-20-6-21-42-69)61-85(81)98-86-62-77(96(70-43-22-7-23-44-70)71-45-24-8-25-46-71)55-58-82(86)92-88-79(63-87(97)89(91)90(88)98)78-51-28-29-52-83(78)99(92)72-47-26-9-27-48-72/h1-63H. The Balaban J connectivity index is 0.947. The van der Waals surface area contributed by atoms with Crippen LogP contribution in [-0.2, 0) is 0 Å². The van der Waals surface area contributed by atoms with Crippen molar-refractivity contribution in [3.8, 4) is 11.1 Å². The molecule has 0 amide bonds. The van der Waals surface area contributed by atoms with E-state index in [-0.39, 0.29) is 13.6 Å². The fourth-order valence-electron chi connectivity index (χ4n) is 16.0. The molecule has 4 aliphatic heterocycles. The summed E-state index contributed by atoms with van der Waals surface area (Å²) in [6.45, 7) is -0.498. The molecule has 0 radical (unpaired) electrons. The zero-order valence-corrected chi connectivity index (χ0v) is 54.2. The van der Waals surface area contributed by atoms with Crippen molar-refractivity contribution in [1.82, 2.24) is 0 Å². The second kappa shape index (κ2) is 24.0. The van der Waals surface area contributed by atoms with E-state index in [1.165, 1.54) is 44.1 Å². The quantitative estimate of drug-likeness (QED) is 0.1000. The largest absolute Gasteiger partial charge is 0.376 e. The first-order valence-electron chi connectivity index (χ1n) is 34.1. The van der Waals surface area contributed by atoms with Gasteiger partial charge in [-0.15, -0.1) is 0 Å². The number of nitrogens with zero attached hydrogens (tertiary/aromatic N) is 7. The summed E-state index contributed by atoms with van der Waals surface area (Å²) < 4.78 is 0. The summed E-state index contributed by atoms with van der Waals surface area (Å²) in [5, 5.41) is 0. The van der Waals surface area contributed by atoms with Crippen molar-refractivity contribution in [2.45, 2.75) is 0 Å². The molecular weight excluding hydrogens is 1200 g/mol. The van der Waals surface area contributed by atoms with Crippen molar-refractivity contribution in [1.29, 1.82) is 0 Å². The highest BCUT2D eigenvalue weighted by atomic mass is 15.2. The van der Waals surface area contributed by atoms with Crippen molar-refractivity contribution in [2.75, 3.05) is 34.2 Å². The van der Waals surface area contributed by atoms with Crippen LogP contribution in [0.4, 0.5) is 114 Å². The van der Waals surface area contributed by atoms with Crippen LogP contribution in [0.2, 0.25) is 0 Å². The highest BCUT2D eigenvalue weighted by molar-refractivity contribution is 7.02. The molecule has 0 aromatic heterocycles. The van der Waals surface area contributed by atoms with Gasteiger partial charge in [0.25, 0.3) is 6.71 Å². The molecule has 99 heavy (non-hydrogen) atoms. The molecule has 9 heteroatoms. The van der Waals surface area contributed by atoms with Gasteiger partial charge >= 0.3 is 6.85 Å². The second-order valence-corrected chi connectivity index (χ2v) is 25.6. The van der Waals surface area contributed by atoms with Gasteiger partial charge in [0.1, 0.15) is 0 Å². The van der Waals surface area contributed by atoms with Crippen LogP contribution in [0.3, 0.4) is 0 Å². The molecule has 464 valence electrons. The number of hydrogen-bond acceptors (Lipinski definition) is 7. The zero-order valence-electron chi connectivity index (χ0n) is 54.2. The Morgan fingerprint density at radius 2 is 0.525 bits per heavy atom. The van der Waals surface area contributed by atoms with Crippen molar-refractivity contribution < 1.29 is 0 Å². The van der Waals surface area contributed by atoms with Gasteiger partial charge in [0.05, 0.1) is 0 Å². The maximum atomic E-state index is 2.69. The average Bonchev–Trinajstić information content (AvgIpc) is 0.667. The van der Waals surface area contributed by atoms with Gasteiger partial charge in [-0.25, -0.2) is 0 Å². The first-order chi connectivity index (χ1) is 49.2. The third-order valence-corrected chi connectivity index (χ3v) is 20.0. The van der Waals surface area contributed by atoms with E-state index < -0.39 is 0 Å². The predicted octanol–water partition coefficient (Wildman–Crippen LogP) is 20.9. The first-order valence-corrected chi connectivity index (χ1v) is 34.1. The van der Waals surface area contributed by atoms with E-state index in [1.54, 1.807) is 0 Å². The van der Waals surface area contributed by atoms with Crippen LogP contribution >= 0.6 is 0 Å². The average molecular weight is 1260 g/mol. The van der Waals surface area contributed by atoms with Gasteiger partial charge in [-0.3, -0.25) is 0 Å². The Morgan fingerprint density at radius 1 is 0.202 bits per heavy atom. The molecule has 0 unspecified atom stereocenters. The zero-order chi connectivity index (χ0) is 65.3. The molecule has 15 aromatic carbocycles. The van der Waals surface area contributed by atoms with Crippen LogP contribution in [0.1, 0.15) is 0 Å². The highest BCUT2D eigenvalue weighted by Crippen LogP contribution is 2.54. The Morgan fingerprint density at radius 3 is 0.939 bits per heavy atom. The Bertz CT molecular complexity index is 5320. The molecule has 7 nitrogen and oxygen atoms in total. The summed E-state index contributed by atoms with van der Waals surface area (Å²) in [6.07, 6.45) is 0. The maximum absolute atomic E-state index is 2.69. The Labute approximate surface area is 578 Å². The van der Waals surface area contributed by atoms with E-state index >= 15 is 0 Å². The number of anilines is 20. The minimum Gasteiger partial charge on any atom is -0.376 e. The molecule has 4 aliphatic rings. The summed E-state index contributed by atoms with van der Waals surface area (Å²) in [6, 6.07) is 140. The minimum absolute atomic E-state index is 0.240. The highest BCUT2D eigenvalue weighted by Gasteiger charge is 2.53. The number of para-hydroxylation sites is 10. The predicted molar refractivity (Wildman–Crippen MR) is 418 cm³/mol. The van der Waals surface area contributed by atoms with Gasteiger partial charge in [0, 0.05) is 119 Å². The normalized spacial score (nSPS) is 12.5. The smallest absolute Gasteiger partial charge is 0.333 e. The minimum atomic E-state index is -0.258. The van der Waals surface area contributed by atoms with E-state index in [2.05, 4.69) is 416 Å². The molecule has 0 N–H and O–H groups in total. The fraction of sp³-hybridized carbons (Fsp3) is 0. The van der Waals surface area contributed by atoms with Crippen LogP contribution in [0, 0.1) is 0 Å². The molecule has 0 bridgehead atoms. The number of rotatable bonds is 14. The van der Waals surface area contributed by atoms with E-state index in [0.29, 0.717) is 0 Å². The SMILES string of the molecule is c1ccc(N2B3c4ccc(N(c5ccccc5)c5ccccc5)cc4N4c5cc(N(c6ccccc6)c6ccccc6)ccc5B5c6ccc(N(c7ccccc7)c7ccccc7)cc6N(c6cccc(N(c7ccccc7)c7ccccc7)c6)c6cc(c3c4c65)-c3ccccc32)cc1. The molecule has 0 atom stereocenters. The van der Waals surface area contributed by atoms with E-state index in [0.717, 1.165) is 108 Å². The Kier molecular flexibility index (Phi) is 14.0.